The van der Waals surface area contributed by atoms with E-state index in [1.165, 1.54) is 12.1 Å². The highest BCUT2D eigenvalue weighted by molar-refractivity contribution is 5.99. The number of rotatable bonds is 5. The third-order valence-electron chi connectivity index (χ3n) is 2.41. The third-order valence-corrected chi connectivity index (χ3v) is 2.41. The molecule has 1 atom stereocenters. The van der Waals surface area contributed by atoms with Crippen LogP contribution in [0.15, 0.2) is 18.2 Å². The molecule has 1 aromatic rings. The van der Waals surface area contributed by atoms with Crippen molar-refractivity contribution in [2.45, 2.75) is 19.4 Å². The Morgan fingerprint density at radius 2 is 2.00 bits per heavy atom. The van der Waals surface area contributed by atoms with Crippen LogP contribution in [0.2, 0.25) is 0 Å². The maximum atomic E-state index is 11.8. The van der Waals surface area contributed by atoms with E-state index < -0.39 is 30.2 Å². The minimum Gasteiger partial charge on any atom is -0.507 e. The largest absolute Gasteiger partial charge is 0.507 e. The molecule has 2 amide bonds. The van der Waals surface area contributed by atoms with Crippen molar-refractivity contribution in [3.05, 3.63) is 29.3 Å². The Morgan fingerprint density at radius 3 is 2.47 bits per heavy atom. The molecule has 0 aliphatic carbocycles. The van der Waals surface area contributed by atoms with Gasteiger partial charge in [-0.05, 0) is 24.6 Å². The Hall–Kier alpha value is -2.57. The van der Waals surface area contributed by atoms with Crippen LogP contribution in [0.5, 0.6) is 5.75 Å². The zero-order chi connectivity index (χ0) is 14.6. The first-order valence-corrected chi connectivity index (χ1v) is 5.43. The molecule has 0 radical (unpaired) electrons. The Morgan fingerprint density at radius 1 is 1.37 bits per heavy atom. The average Bonchev–Trinajstić information content (AvgIpc) is 2.26. The number of carbonyl (C=O) groups excluding carboxylic acids is 2. The monoisotopic (exact) mass is 266 g/mol. The summed E-state index contributed by atoms with van der Waals surface area (Å²) in [5, 5.41) is 20.6. The lowest BCUT2D eigenvalue weighted by molar-refractivity contribution is -0.140. The van der Waals surface area contributed by atoms with Gasteiger partial charge in [0.25, 0.3) is 5.91 Å². The zero-order valence-electron chi connectivity index (χ0n) is 10.2. The van der Waals surface area contributed by atoms with Crippen LogP contribution in [0.25, 0.3) is 0 Å². The maximum Gasteiger partial charge on any atom is 0.326 e. The van der Waals surface area contributed by atoms with Gasteiger partial charge in [0.05, 0.1) is 12.0 Å². The number of carboxylic acids is 1. The van der Waals surface area contributed by atoms with Gasteiger partial charge in [0.2, 0.25) is 5.91 Å². The summed E-state index contributed by atoms with van der Waals surface area (Å²) < 4.78 is 0. The normalized spacial score (nSPS) is 11.6. The van der Waals surface area contributed by atoms with Crippen LogP contribution in [0, 0.1) is 6.92 Å². The molecule has 0 spiro atoms. The minimum atomic E-state index is -1.43. The predicted molar refractivity (Wildman–Crippen MR) is 65.5 cm³/mol. The molecule has 19 heavy (non-hydrogen) atoms. The van der Waals surface area contributed by atoms with Crippen molar-refractivity contribution in [2.75, 3.05) is 0 Å². The number of aromatic hydroxyl groups is 1. The Kier molecular flexibility index (Phi) is 4.46. The van der Waals surface area contributed by atoms with Gasteiger partial charge in [-0.25, -0.2) is 4.79 Å². The van der Waals surface area contributed by atoms with Crippen molar-refractivity contribution in [3.8, 4) is 5.75 Å². The summed E-state index contributed by atoms with van der Waals surface area (Å²) in [6, 6.07) is 2.91. The van der Waals surface area contributed by atoms with Crippen molar-refractivity contribution < 1.29 is 24.6 Å². The number of phenols is 1. The lowest BCUT2D eigenvalue weighted by Crippen LogP contribution is -2.43. The summed E-state index contributed by atoms with van der Waals surface area (Å²) in [6.45, 7) is 1.73. The summed E-state index contributed by atoms with van der Waals surface area (Å²) >= 11 is 0. The van der Waals surface area contributed by atoms with E-state index in [0.717, 1.165) is 5.56 Å². The minimum absolute atomic E-state index is 0.0682. The van der Waals surface area contributed by atoms with Gasteiger partial charge in [-0.15, -0.1) is 0 Å². The topological polar surface area (TPSA) is 130 Å². The highest BCUT2D eigenvalue weighted by Crippen LogP contribution is 2.18. The first kappa shape index (κ1) is 14.5. The Balaban J connectivity index is 2.87. The highest BCUT2D eigenvalue weighted by atomic mass is 16.4. The van der Waals surface area contributed by atoms with Crippen LogP contribution in [-0.2, 0) is 9.59 Å². The van der Waals surface area contributed by atoms with Gasteiger partial charge in [-0.3, -0.25) is 9.59 Å². The van der Waals surface area contributed by atoms with Crippen LogP contribution in [0.4, 0.5) is 0 Å². The molecule has 1 rings (SSSR count). The summed E-state index contributed by atoms with van der Waals surface area (Å²) in [5.74, 6) is -3.27. The van der Waals surface area contributed by atoms with Crippen LogP contribution < -0.4 is 11.1 Å². The second kappa shape index (κ2) is 5.85. The number of aliphatic carboxylic acids is 1. The molecule has 0 bridgehead atoms. The third kappa shape index (κ3) is 3.98. The number of carboxylic acid groups (broad SMARTS) is 1. The van der Waals surface area contributed by atoms with Crippen molar-refractivity contribution in [3.63, 3.8) is 0 Å². The number of nitrogens with one attached hydrogen (secondary N) is 1. The van der Waals surface area contributed by atoms with Crippen molar-refractivity contribution >= 4 is 17.8 Å². The first-order chi connectivity index (χ1) is 8.81. The van der Waals surface area contributed by atoms with Gasteiger partial charge >= 0.3 is 5.97 Å². The van der Waals surface area contributed by atoms with Crippen LogP contribution in [0.1, 0.15) is 22.3 Å². The second-order valence-electron chi connectivity index (χ2n) is 4.06. The molecular weight excluding hydrogens is 252 g/mol. The molecule has 0 fully saturated rings. The predicted octanol–water partition coefficient (Wildman–Crippen LogP) is -0.241. The number of benzene rings is 1. The van der Waals surface area contributed by atoms with Crippen molar-refractivity contribution in [1.29, 1.82) is 0 Å². The lowest BCUT2D eigenvalue weighted by Gasteiger charge is -2.13. The lowest BCUT2D eigenvalue weighted by atomic mass is 10.1. The van der Waals surface area contributed by atoms with Crippen LogP contribution in [0.3, 0.4) is 0 Å². The summed E-state index contributed by atoms with van der Waals surface area (Å²) in [6.07, 6.45) is -0.520. The second-order valence-corrected chi connectivity index (χ2v) is 4.06. The molecule has 0 saturated heterocycles. The Bertz CT molecular complexity index is 527. The maximum absolute atomic E-state index is 11.8. The molecule has 5 N–H and O–H groups in total. The van der Waals surface area contributed by atoms with E-state index in [1.54, 1.807) is 13.0 Å². The number of carbonyl (C=O) groups is 3. The van der Waals surface area contributed by atoms with Gasteiger partial charge in [0, 0.05) is 0 Å². The molecule has 7 heteroatoms. The molecule has 0 unspecified atom stereocenters. The van der Waals surface area contributed by atoms with Crippen molar-refractivity contribution in [2.24, 2.45) is 5.73 Å². The van der Waals surface area contributed by atoms with Gasteiger partial charge in [0.15, 0.2) is 0 Å². The standard InChI is InChI=1S/C12H14N2O5/c1-6-2-3-7(9(15)4-6)11(17)14-8(12(18)19)5-10(13)16/h2-4,8,15H,5H2,1H3,(H2,13,16)(H,14,17)(H,18,19)/t8-/m0/s1. The van der Waals surface area contributed by atoms with E-state index in [1.807, 2.05) is 0 Å². The molecule has 0 aromatic heterocycles. The number of aryl methyl sites for hydroxylation is 1. The smallest absolute Gasteiger partial charge is 0.326 e. The van der Waals surface area contributed by atoms with E-state index in [-0.39, 0.29) is 11.3 Å². The number of primary amides is 1. The first-order valence-electron chi connectivity index (χ1n) is 5.43. The van der Waals surface area contributed by atoms with E-state index in [0.29, 0.717) is 0 Å². The molecule has 102 valence electrons. The van der Waals surface area contributed by atoms with Gasteiger partial charge in [-0.1, -0.05) is 6.07 Å². The SMILES string of the molecule is Cc1ccc(C(=O)N[C@@H](CC(N)=O)C(=O)O)c(O)c1. The fourth-order valence-corrected chi connectivity index (χ4v) is 1.47. The van der Waals surface area contributed by atoms with Crippen LogP contribution >= 0.6 is 0 Å². The van der Waals surface area contributed by atoms with Crippen LogP contribution in [-0.4, -0.2) is 34.0 Å². The highest BCUT2D eigenvalue weighted by Gasteiger charge is 2.23. The van der Waals surface area contributed by atoms with E-state index in [4.69, 9.17) is 10.8 Å². The number of nitrogens with two attached hydrogens (primary N) is 1. The molecule has 0 heterocycles. The Labute approximate surface area is 109 Å². The molecule has 7 nitrogen and oxygen atoms in total. The van der Waals surface area contributed by atoms with Gasteiger partial charge < -0.3 is 21.3 Å². The van der Waals surface area contributed by atoms with E-state index in [2.05, 4.69) is 5.32 Å². The number of hydrogen-bond acceptors (Lipinski definition) is 4. The number of phenolic OH excluding ortho intramolecular Hbond substituents is 1. The van der Waals surface area contributed by atoms with Gasteiger partial charge in [0.1, 0.15) is 11.8 Å². The molecule has 0 aliphatic rings. The van der Waals surface area contributed by atoms with Crippen molar-refractivity contribution in [1.82, 2.24) is 5.32 Å². The summed E-state index contributed by atoms with van der Waals surface area (Å²) in [5.41, 5.74) is 5.58. The quantitative estimate of drug-likeness (QED) is 0.584. The zero-order valence-corrected chi connectivity index (χ0v) is 10.2. The molecule has 0 aliphatic heterocycles. The van der Waals surface area contributed by atoms with Gasteiger partial charge in [-0.2, -0.15) is 0 Å². The summed E-state index contributed by atoms with van der Waals surface area (Å²) in [4.78, 5) is 33.3. The molecule has 1 aromatic carbocycles. The van der Waals surface area contributed by atoms with E-state index in [9.17, 15) is 19.5 Å². The van der Waals surface area contributed by atoms with E-state index >= 15 is 0 Å². The fraction of sp³-hybridized carbons (Fsp3) is 0.250. The molecular formula is C12H14N2O5. The number of amides is 2. The average molecular weight is 266 g/mol. The number of hydrogen-bond donors (Lipinski definition) is 4. The molecule has 0 saturated carbocycles. The summed E-state index contributed by atoms with van der Waals surface area (Å²) in [7, 11) is 0. The fourth-order valence-electron chi connectivity index (χ4n) is 1.47.